The van der Waals surface area contributed by atoms with Crippen molar-refractivity contribution in [3.8, 4) is 5.88 Å². The second-order valence-electron chi connectivity index (χ2n) is 3.60. The van der Waals surface area contributed by atoms with Gasteiger partial charge in [-0.15, -0.1) is 0 Å². The number of rotatable bonds is 3. The zero-order chi connectivity index (χ0) is 11.5. The van der Waals surface area contributed by atoms with E-state index in [0.29, 0.717) is 12.4 Å². The number of hydrogen-bond acceptors (Lipinski definition) is 4. The molecule has 0 saturated carbocycles. The predicted octanol–water partition coefficient (Wildman–Crippen LogP) is 1.35. The normalized spacial score (nSPS) is 10.4. The molecule has 0 unspecified atom stereocenters. The summed E-state index contributed by atoms with van der Waals surface area (Å²) in [5.41, 5.74) is 3.04. The van der Waals surface area contributed by atoms with E-state index in [2.05, 4.69) is 15.0 Å². The average Bonchev–Trinajstić information content (AvgIpc) is 2.61. The maximum absolute atomic E-state index is 5.03. The summed E-state index contributed by atoms with van der Waals surface area (Å²) in [5, 5.41) is 0. The van der Waals surface area contributed by atoms with E-state index >= 15 is 0 Å². The molecule has 0 aliphatic rings. The Bertz CT molecular complexity index is 492. The summed E-state index contributed by atoms with van der Waals surface area (Å²) in [6, 6.07) is 0. The Kier molecular flexibility index (Phi) is 2.85. The number of imidazole rings is 1. The molecule has 2 aromatic rings. The zero-order valence-corrected chi connectivity index (χ0v) is 9.64. The molecule has 0 saturated heterocycles. The van der Waals surface area contributed by atoms with Gasteiger partial charge in [-0.2, -0.15) is 0 Å². The maximum Gasteiger partial charge on any atom is 0.232 e. The van der Waals surface area contributed by atoms with Gasteiger partial charge in [-0.1, -0.05) is 0 Å². The van der Waals surface area contributed by atoms with Crippen LogP contribution < -0.4 is 4.74 Å². The zero-order valence-electron chi connectivity index (χ0n) is 9.64. The van der Waals surface area contributed by atoms with Crippen molar-refractivity contribution >= 4 is 0 Å². The molecule has 0 spiro atoms. The van der Waals surface area contributed by atoms with Gasteiger partial charge in [0.15, 0.2) is 0 Å². The Morgan fingerprint density at radius 2 is 2.12 bits per heavy atom. The first-order valence-corrected chi connectivity index (χ1v) is 5.04. The van der Waals surface area contributed by atoms with Crippen LogP contribution >= 0.6 is 0 Å². The predicted molar refractivity (Wildman–Crippen MR) is 59.4 cm³/mol. The van der Waals surface area contributed by atoms with Gasteiger partial charge in [0.2, 0.25) is 5.88 Å². The molecule has 0 fully saturated rings. The van der Waals surface area contributed by atoms with Crippen LogP contribution in [0.2, 0.25) is 0 Å². The van der Waals surface area contributed by atoms with E-state index in [1.54, 1.807) is 19.5 Å². The van der Waals surface area contributed by atoms with Crippen LogP contribution in [-0.2, 0) is 6.54 Å². The van der Waals surface area contributed by atoms with Crippen molar-refractivity contribution in [3.05, 3.63) is 35.8 Å². The van der Waals surface area contributed by atoms with Gasteiger partial charge in [0.1, 0.15) is 0 Å². The fraction of sp³-hybridized carbons (Fsp3) is 0.364. The molecule has 0 aromatic carbocycles. The highest BCUT2D eigenvalue weighted by atomic mass is 16.5. The Hall–Kier alpha value is -1.91. The molecule has 0 radical (unpaired) electrons. The molecule has 5 heteroatoms. The number of aromatic nitrogens is 4. The van der Waals surface area contributed by atoms with Gasteiger partial charge in [-0.3, -0.25) is 4.98 Å². The molecule has 0 atom stereocenters. The van der Waals surface area contributed by atoms with Crippen molar-refractivity contribution in [3.63, 3.8) is 0 Å². The minimum absolute atomic E-state index is 0.534. The first-order valence-electron chi connectivity index (χ1n) is 5.04. The lowest BCUT2D eigenvalue weighted by atomic mass is 10.3. The summed E-state index contributed by atoms with van der Waals surface area (Å²) in [7, 11) is 1.58. The monoisotopic (exact) mass is 218 g/mol. The number of aryl methyl sites for hydroxylation is 1. The van der Waals surface area contributed by atoms with E-state index in [1.807, 2.05) is 24.7 Å². The second kappa shape index (κ2) is 4.30. The number of nitrogens with zero attached hydrogens (tertiary/aromatic N) is 4. The smallest absolute Gasteiger partial charge is 0.232 e. The van der Waals surface area contributed by atoms with Crippen LogP contribution in [0, 0.1) is 13.8 Å². The lowest BCUT2D eigenvalue weighted by molar-refractivity contribution is 0.393. The Morgan fingerprint density at radius 1 is 1.31 bits per heavy atom. The van der Waals surface area contributed by atoms with E-state index in [-0.39, 0.29) is 0 Å². The molecule has 84 valence electrons. The summed E-state index contributed by atoms with van der Waals surface area (Å²) in [6.07, 6.45) is 5.14. The van der Waals surface area contributed by atoms with Crippen LogP contribution in [0.25, 0.3) is 0 Å². The number of methoxy groups -OCH3 is 1. The van der Waals surface area contributed by atoms with Crippen molar-refractivity contribution in [1.82, 2.24) is 19.5 Å². The summed E-state index contributed by atoms with van der Waals surface area (Å²) in [5.74, 6) is 0.534. The first kappa shape index (κ1) is 10.6. The van der Waals surface area contributed by atoms with Gasteiger partial charge in [-0.25, -0.2) is 9.97 Å². The van der Waals surface area contributed by atoms with Crippen LogP contribution in [0.4, 0.5) is 0 Å². The Labute approximate surface area is 94.1 Å². The molecule has 0 bridgehead atoms. The molecule has 0 amide bonds. The average molecular weight is 218 g/mol. The molecule has 5 nitrogen and oxygen atoms in total. The maximum atomic E-state index is 5.03. The van der Waals surface area contributed by atoms with E-state index in [4.69, 9.17) is 4.74 Å². The lowest BCUT2D eigenvalue weighted by Gasteiger charge is -2.05. The van der Waals surface area contributed by atoms with E-state index in [0.717, 1.165) is 17.1 Å². The largest absolute Gasteiger partial charge is 0.480 e. The molecule has 0 N–H and O–H groups in total. The van der Waals surface area contributed by atoms with Gasteiger partial charge >= 0.3 is 0 Å². The van der Waals surface area contributed by atoms with Crippen LogP contribution in [0.5, 0.6) is 5.88 Å². The van der Waals surface area contributed by atoms with Crippen LogP contribution in [0.3, 0.4) is 0 Å². The molecule has 0 aliphatic heterocycles. The Morgan fingerprint density at radius 3 is 2.75 bits per heavy atom. The van der Waals surface area contributed by atoms with Gasteiger partial charge in [-0.05, 0) is 13.8 Å². The fourth-order valence-corrected chi connectivity index (χ4v) is 1.44. The number of ether oxygens (including phenoxy) is 1. The van der Waals surface area contributed by atoms with Gasteiger partial charge < -0.3 is 9.30 Å². The lowest BCUT2D eigenvalue weighted by Crippen LogP contribution is -2.04. The third-order valence-electron chi connectivity index (χ3n) is 2.55. The molecular weight excluding hydrogens is 204 g/mol. The quantitative estimate of drug-likeness (QED) is 0.780. The van der Waals surface area contributed by atoms with Crippen molar-refractivity contribution < 1.29 is 4.74 Å². The molecule has 2 rings (SSSR count). The van der Waals surface area contributed by atoms with Crippen molar-refractivity contribution in [1.29, 1.82) is 0 Å². The summed E-state index contributed by atoms with van der Waals surface area (Å²) in [4.78, 5) is 12.6. The topological polar surface area (TPSA) is 52.8 Å². The minimum atomic E-state index is 0.534. The van der Waals surface area contributed by atoms with Crippen LogP contribution in [0.1, 0.15) is 17.1 Å². The van der Waals surface area contributed by atoms with Crippen molar-refractivity contribution in [2.75, 3.05) is 7.11 Å². The standard InChI is InChI=1S/C11H14N4O/c1-8-9(2)15(7-13-8)6-10-4-12-5-11(14-10)16-3/h4-5,7H,6H2,1-3H3. The third kappa shape index (κ3) is 2.03. The molecular formula is C11H14N4O. The minimum Gasteiger partial charge on any atom is -0.480 e. The molecule has 2 heterocycles. The molecule has 0 aliphatic carbocycles. The number of hydrogen-bond donors (Lipinski definition) is 0. The van der Waals surface area contributed by atoms with E-state index in [1.165, 1.54) is 0 Å². The third-order valence-corrected chi connectivity index (χ3v) is 2.55. The van der Waals surface area contributed by atoms with Crippen LogP contribution in [-0.4, -0.2) is 26.6 Å². The SMILES string of the molecule is COc1cncc(Cn2cnc(C)c2C)n1. The first-order chi connectivity index (χ1) is 7.70. The highest BCUT2D eigenvalue weighted by Crippen LogP contribution is 2.09. The highest BCUT2D eigenvalue weighted by Gasteiger charge is 2.04. The van der Waals surface area contributed by atoms with Gasteiger partial charge in [0, 0.05) is 5.69 Å². The van der Waals surface area contributed by atoms with E-state index in [9.17, 15) is 0 Å². The van der Waals surface area contributed by atoms with Gasteiger partial charge in [0.05, 0.1) is 43.8 Å². The summed E-state index contributed by atoms with van der Waals surface area (Å²) < 4.78 is 7.07. The van der Waals surface area contributed by atoms with Crippen molar-refractivity contribution in [2.45, 2.75) is 20.4 Å². The highest BCUT2D eigenvalue weighted by molar-refractivity contribution is 5.13. The second-order valence-corrected chi connectivity index (χ2v) is 3.60. The molecule has 2 aromatic heterocycles. The van der Waals surface area contributed by atoms with Crippen LogP contribution in [0.15, 0.2) is 18.7 Å². The Balaban J connectivity index is 2.23. The summed E-state index contributed by atoms with van der Waals surface area (Å²) >= 11 is 0. The molecule has 16 heavy (non-hydrogen) atoms. The van der Waals surface area contributed by atoms with Crippen molar-refractivity contribution in [2.24, 2.45) is 0 Å². The fourth-order valence-electron chi connectivity index (χ4n) is 1.44. The van der Waals surface area contributed by atoms with Gasteiger partial charge in [0.25, 0.3) is 0 Å². The summed E-state index contributed by atoms with van der Waals surface area (Å²) in [6.45, 7) is 4.69. The van der Waals surface area contributed by atoms with E-state index < -0.39 is 0 Å².